The molecular weight excluding hydrogens is 270 g/mol. The Balaban J connectivity index is 1.54. The number of carbonyl (C=O) groups is 1. The van der Waals surface area contributed by atoms with Crippen molar-refractivity contribution < 1.29 is 9.90 Å². The molecule has 0 radical (unpaired) electrons. The number of fused-ring (bicyclic) bond motifs is 3. The number of hydrogen-bond donors (Lipinski definition) is 4. The lowest BCUT2D eigenvalue weighted by Crippen LogP contribution is -2.34. The first kappa shape index (κ1) is 12.3. The fourth-order valence-corrected chi connectivity index (χ4v) is 2.41. The van der Waals surface area contributed by atoms with Gasteiger partial charge >= 0.3 is 0 Å². The maximum absolute atomic E-state index is 11.9. The van der Waals surface area contributed by atoms with Gasteiger partial charge in [-0.05, 0) is 18.9 Å². The fraction of sp³-hybridized carbons (Fsp3) is 0.357. The smallest absolute Gasteiger partial charge is 0.227 e. The highest BCUT2D eigenvalue weighted by Crippen LogP contribution is 2.33. The summed E-state index contributed by atoms with van der Waals surface area (Å²) in [6.45, 7) is 0.315. The maximum atomic E-state index is 11.9. The van der Waals surface area contributed by atoms with E-state index in [4.69, 9.17) is 0 Å². The summed E-state index contributed by atoms with van der Waals surface area (Å²) in [7, 11) is 0. The minimum absolute atomic E-state index is 0.146. The molecule has 1 saturated carbocycles. The topological polar surface area (TPSA) is 107 Å². The normalized spacial score (nSPS) is 16.4. The number of rotatable bonds is 4. The van der Waals surface area contributed by atoms with E-state index in [0.29, 0.717) is 12.4 Å². The van der Waals surface area contributed by atoms with Gasteiger partial charge in [0.1, 0.15) is 17.0 Å². The van der Waals surface area contributed by atoms with Gasteiger partial charge in [-0.25, -0.2) is 9.97 Å². The van der Waals surface area contributed by atoms with Gasteiger partial charge < -0.3 is 20.4 Å². The number of aromatic amines is 2. The lowest BCUT2D eigenvalue weighted by molar-refractivity contribution is -0.121. The van der Waals surface area contributed by atoms with Gasteiger partial charge in [0.05, 0.1) is 23.7 Å². The van der Waals surface area contributed by atoms with Crippen LogP contribution < -0.4 is 5.32 Å². The highest BCUT2D eigenvalue weighted by atomic mass is 16.3. The molecule has 1 aliphatic carbocycles. The van der Waals surface area contributed by atoms with E-state index in [2.05, 4.69) is 25.3 Å². The van der Waals surface area contributed by atoms with E-state index in [1.165, 1.54) is 0 Å². The Kier molecular flexibility index (Phi) is 2.52. The number of nitrogens with one attached hydrogen (secondary N) is 3. The van der Waals surface area contributed by atoms with Gasteiger partial charge in [-0.3, -0.25) is 4.79 Å². The maximum Gasteiger partial charge on any atom is 0.227 e. The highest BCUT2D eigenvalue weighted by Gasteiger charge is 2.40. The second-order valence-corrected chi connectivity index (χ2v) is 5.62. The predicted molar refractivity (Wildman–Crippen MR) is 76.6 cm³/mol. The van der Waals surface area contributed by atoms with Crippen LogP contribution in [0.2, 0.25) is 0 Å². The molecule has 7 nitrogen and oxygen atoms in total. The summed E-state index contributed by atoms with van der Waals surface area (Å²) >= 11 is 0. The minimum Gasteiger partial charge on any atom is -0.388 e. The minimum atomic E-state index is -0.676. The second kappa shape index (κ2) is 4.29. The molecule has 1 fully saturated rings. The lowest BCUT2D eigenvalue weighted by atomic mass is 10.3. The van der Waals surface area contributed by atoms with Crippen LogP contribution in [-0.2, 0) is 11.2 Å². The molecule has 0 aliphatic heterocycles. The van der Waals surface area contributed by atoms with Crippen molar-refractivity contribution in [1.29, 1.82) is 0 Å². The summed E-state index contributed by atoms with van der Waals surface area (Å²) in [5.74, 6) is 0.452. The summed E-state index contributed by atoms with van der Waals surface area (Å²) in [5.41, 5.74) is 1.73. The van der Waals surface area contributed by atoms with Crippen molar-refractivity contribution in [2.45, 2.75) is 24.9 Å². The van der Waals surface area contributed by atoms with Gasteiger partial charge in [0.25, 0.3) is 0 Å². The third-order valence-corrected chi connectivity index (χ3v) is 3.86. The molecule has 0 unspecified atom stereocenters. The van der Waals surface area contributed by atoms with Crippen LogP contribution in [0.15, 0.2) is 18.5 Å². The number of pyridine rings is 1. The summed E-state index contributed by atoms with van der Waals surface area (Å²) in [6, 6.07) is 1.93. The van der Waals surface area contributed by atoms with Gasteiger partial charge in [0.15, 0.2) is 0 Å². The number of aromatic nitrogens is 4. The Morgan fingerprint density at radius 1 is 1.48 bits per heavy atom. The summed E-state index contributed by atoms with van der Waals surface area (Å²) in [5, 5.41) is 13.4. The van der Waals surface area contributed by atoms with Crippen molar-refractivity contribution in [3.05, 3.63) is 24.3 Å². The number of aliphatic hydroxyl groups is 1. The standard InChI is InChI=1S/C14H15N5O2/c20-11(17-7-14(21)2-3-14)5-10-18-9-6-16-13-8(1-4-15-13)12(9)19-10/h1,4,6,21H,2-3,5,7H2,(H,15,16)(H,17,20)(H,18,19). The highest BCUT2D eigenvalue weighted by molar-refractivity contribution is 6.00. The Bertz CT molecular complexity index is 830. The van der Waals surface area contributed by atoms with Gasteiger partial charge in [0, 0.05) is 18.1 Å². The van der Waals surface area contributed by atoms with Crippen molar-refractivity contribution in [2.24, 2.45) is 0 Å². The molecule has 3 aromatic rings. The number of amides is 1. The zero-order chi connectivity index (χ0) is 14.4. The summed E-state index contributed by atoms with van der Waals surface area (Å²) in [6.07, 6.45) is 5.18. The number of imidazole rings is 1. The van der Waals surface area contributed by atoms with E-state index < -0.39 is 5.60 Å². The molecule has 108 valence electrons. The van der Waals surface area contributed by atoms with Crippen molar-refractivity contribution >= 4 is 28.0 Å². The Hall–Kier alpha value is -2.41. The van der Waals surface area contributed by atoms with Crippen LogP contribution in [0, 0.1) is 0 Å². The molecule has 3 aromatic heterocycles. The molecule has 1 aliphatic rings. The van der Waals surface area contributed by atoms with E-state index in [9.17, 15) is 9.90 Å². The Morgan fingerprint density at radius 3 is 3.14 bits per heavy atom. The first-order chi connectivity index (χ1) is 10.1. The molecule has 4 N–H and O–H groups in total. The quantitative estimate of drug-likeness (QED) is 0.564. The Labute approximate surface area is 119 Å². The summed E-state index contributed by atoms with van der Waals surface area (Å²) < 4.78 is 0. The van der Waals surface area contributed by atoms with Crippen LogP contribution in [0.5, 0.6) is 0 Å². The third-order valence-electron chi connectivity index (χ3n) is 3.86. The molecule has 0 bridgehead atoms. The molecule has 0 aromatic carbocycles. The van der Waals surface area contributed by atoms with Crippen molar-refractivity contribution in [1.82, 2.24) is 25.3 Å². The van der Waals surface area contributed by atoms with Crippen molar-refractivity contribution in [3.63, 3.8) is 0 Å². The monoisotopic (exact) mass is 285 g/mol. The fourth-order valence-electron chi connectivity index (χ4n) is 2.41. The molecule has 3 heterocycles. The SMILES string of the molecule is O=C(Cc1nc2cnc3[nH]ccc3c2[nH]1)NCC1(O)CC1. The first-order valence-corrected chi connectivity index (χ1v) is 6.93. The molecule has 1 amide bonds. The number of H-pyrrole nitrogens is 2. The number of hydrogen-bond acceptors (Lipinski definition) is 4. The third kappa shape index (κ3) is 2.25. The lowest BCUT2D eigenvalue weighted by Gasteiger charge is -2.08. The van der Waals surface area contributed by atoms with Crippen LogP contribution in [0.4, 0.5) is 0 Å². The zero-order valence-corrected chi connectivity index (χ0v) is 11.3. The van der Waals surface area contributed by atoms with Gasteiger partial charge in [-0.15, -0.1) is 0 Å². The first-order valence-electron chi connectivity index (χ1n) is 6.93. The van der Waals surface area contributed by atoms with Crippen molar-refractivity contribution in [2.75, 3.05) is 6.54 Å². The molecule has 0 spiro atoms. The molecule has 7 heteroatoms. The average molecular weight is 285 g/mol. The molecule has 0 saturated heterocycles. The van der Waals surface area contributed by atoms with E-state index >= 15 is 0 Å². The predicted octanol–water partition coefficient (Wildman–Crippen LogP) is 0.623. The van der Waals surface area contributed by atoms with Crippen LogP contribution in [0.3, 0.4) is 0 Å². The van der Waals surface area contributed by atoms with Crippen LogP contribution in [0.1, 0.15) is 18.7 Å². The molecule has 21 heavy (non-hydrogen) atoms. The van der Waals surface area contributed by atoms with Crippen LogP contribution in [0.25, 0.3) is 22.1 Å². The number of nitrogens with zero attached hydrogens (tertiary/aromatic N) is 2. The second-order valence-electron chi connectivity index (χ2n) is 5.62. The largest absolute Gasteiger partial charge is 0.388 e. The van der Waals surface area contributed by atoms with E-state index in [1.54, 1.807) is 6.20 Å². The molecule has 4 rings (SSSR count). The van der Waals surface area contributed by atoms with E-state index in [0.717, 1.165) is 34.9 Å². The van der Waals surface area contributed by atoms with Crippen molar-refractivity contribution in [3.8, 4) is 0 Å². The molecular formula is C14H15N5O2. The molecule has 0 atom stereocenters. The average Bonchev–Trinajstić information content (AvgIpc) is 2.90. The van der Waals surface area contributed by atoms with Crippen LogP contribution in [-0.4, -0.2) is 43.1 Å². The van der Waals surface area contributed by atoms with Gasteiger partial charge in [-0.1, -0.05) is 0 Å². The van der Waals surface area contributed by atoms with E-state index in [1.807, 2.05) is 12.3 Å². The van der Waals surface area contributed by atoms with E-state index in [-0.39, 0.29) is 12.3 Å². The Morgan fingerprint density at radius 2 is 2.33 bits per heavy atom. The van der Waals surface area contributed by atoms with Gasteiger partial charge in [-0.2, -0.15) is 0 Å². The zero-order valence-electron chi connectivity index (χ0n) is 11.3. The number of carbonyl (C=O) groups excluding carboxylic acids is 1. The van der Waals surface area contributed by atoms with Gasteiger partial charge in [0.2, 0.25) is 5.91 Å². The van der Waals surface area contributed by atoms with Crippen LogP contribution >= 0.6 is 0 Å². The summed E-state index contributed by atoms with van der Waals surface area (Å²) in [4.78, 5) is 26.7.